The Hall–Kier alpha value is -3.92. The van der Waals surface area contributed by atoms with Crippen LogP contribution in [0.1, 0.15) is 40.2 Å². The smallest absolute Gasteiger partial charge is 0.254 e. The number of pyridine rings is 3. The summed E-state index contributed by atoms with van der Waals surface area (Å²) in [7, 11) is -3.37. The number of aromatic nitrogens is 3. The van der Waals surface area contributed by atoms with Crippen LogP contribution >= 0.6 is 0 Å². The maximum Gasteiger partial charge on any atom is 0.254 e. The molecule has 5 rings (SSSR count). The van der Waals surface area contributed by atoms with Gasteiger partial charge in [0, 0.05) is 23.3 Å². The molecule has 0 aliphatic heterocycles. The van der Waals surface area contributed by atoms with E-state index in [2.05, 4.69) is 15.0 Å². The highest BCUT2D eigenvalue weighted by atomic mass is 32.2. The zero-order chi connectivity index (χ0) is 25.4. The van der Waals surface area contributed by atoms with Crippen LogP contribution in [0.3, 0.4) is 0 Å². The summed E-state index contributed by atoms with van der Waals surface area (Å²) in [6, 6.07) is 12.8. The van der Waals surface area contributed by atoms with Crippen molar-refractivity contribution in [2.75, 3.05) is 5.73 Å². The molecule has 0 saturated heterocycles. The molecule has 0 unspecified atom stereocenters. The number of amides is 1. The van der Waals surface area contributed by atoms with Crippen molar-refractivity contribution in [3.63, 3.8) is 0 Å². The average Bonchev–Trinajstić information content (AvgIpc) is 3.72. The van der Waals surface area contributed by atoms with E-state index in [1.807, 2.05) is 13.0 Å². The fourth-order valence-electron chi connectivity index (χ4n) is 3.97. The first kappa shape index (κ1) is 23.8. The van der Waals surface area contributed by atoms with E-state index in [0.717, 1.165) is 10.9 Å². The molecule has 0 spiro atoms. The molecule has 1 aliphatic rings. The minimum absolute atomic E-state index is 0.0374. The minimum Gasteiger partial charge on any atom is -0.383 e. The zero-order valence-corrected chi connectivity index (χ0v) is 20.4. The van der Waals surface area contributed by atoms with E-state index in [-0.39, 0.29) is 34.8 Å². The molecule has 184 valence electrons. The largest absolute Gasteiger partial charge is 0.383 e. The van der Waals surface area contributed by atoms with Gasteiger partial charge in [-0.25, -0.2) is 17.8 Å². The van der Waals surface area contributed by atoms with Gasteiger partial charge < -0.3 is 10.6 Å². The lowest BCUT2D eigenvalue weighted by atomic mass is 10.1. The summed E-state index contributed by atoms with van der Waals surface area (Å²) >= 11 is 0. The Labute approximate surface area is 207 Å². The molecule has 36 heavy (non-hydrogen) atoms. The number of carbonyl (C=O) groups is 1. The fraction of sp³-hybridized carbons (Fsp3) is 0.231. The molecule has 1 aromatic carbocycles. The highest BCUT2D eigenvalue weighted by molar-refractivity contribution is 7.92. The van der Waals surface area contributed by atoms with Gasteiger partial charge in [-0.05, 0) is 73.9 Å². The summed E-state index contributed by atoms with van der Waals surface area (Å²) in [4.78, 5) is 27.9. The zero-order valence-electron chi connectivity index (χ0n) is 19.6. The van der Waals surface area contributed by atoms with Crippen LogP contribution < -0.4 is 5.73 Å². The number of halogens is 1. The number of fused-ring (bicyclic) bond motifs is 1. The van der Waals surface area contributed by atoms with Gasteiger partial charge in [-0.15, -0.1) is 0 Å². The lowest BCUT2D eigenvalue weighted by Gasteiger charge is -2.23. The fourth-order valence-corrected chi connectivity index (χ4v) is 5.57. The van der Waals surface area contributed by atoms with E-state index < -0.39 is 15.7 Å². The van der Waals surface area contributed by atoms with E-state index in [1.165, 1.54) is 35.5 Å². The van der Waals surface area contributed by atoms with Crippen LogP contribution in [0.25, 0.3) is 10.9 Å². The number of aryl methyl sites for hydroxylation is 1. The van der Waals surface area contributed by atoms with Gasteiger partial charge in [0.05, 0.1) is 40.1 Å². The van der Waals surface area contributed by atoms with Crippen LogP contribution in [0.15, 0.2) is 65.8 Å². The summed E-state index contributed by atoms with van der Waals surface area (Å²) in [5.74, 6) is -0.456. The summed E-state index contributed by atoms with van der Waals surface area (Å²) < 4.78 is 39.4. The maximum atomic E-state index is 14.4. The molecule has 0 radical (unpaired) electrons. The molecule has 10 heteroatoms. The number of nitrogen functional groups attached to an aromatic ring is 1. The first-order chi connectivity index (χ1) is 17.2. The quantitative estimate of drug-likeness (QED) is 0.405. The van der Waals surface area contributed by atoms with E-state index >= 15 is 0 Å². The second-order valence-electron chi connectivity index (χ2n) is 8.92. The number of nitrogens with zero attached hydrogens (tertiary/aromatic N) is 4. The highest BCUT2D eigenvalue weighted by Gasteiger charge is 2.37. The van der Waals surface area contributed by atoms with E-state index in [0.29, 0.717) is 35.4 Å². The Kier molecular flexibility index (Phi) is 6.13. The highest BCUT2D eigenvalue weighted by Crippen LogP contribution is 2.33. The van der Waals surface area contributed by atoms with Crippen molar-refractivity contribution in [1.29, 1.82) is 0 Å². The van der Waals surface area contributed by atoms with E-state index in [4.69, 9.17) is 5.73 Å². The Balaban J connectivity index is 1.46. The number of sulfone groups is 1. The van der Waals surface area contributed by atoms with Gasteiger partial charge in [-0.1, -0.05) is 0 Å². The molecule has 1 aliphatic carbocycles. The molecular formula is C26H24FN5O3S. The van der Waals surface area contributed by atoms with Crippen molar-refractivity contribution in [2.45, 2.75) is 43.0 Å². The number of hydrogen-bond donors (Lipinski definition) is 1. The van der Waals surface area contributed by atoms with Crippen molar-refractivity contribution in [1.82, 2.24) is 19.9 Å². The van der Waals surface area contributed by atoms with Crippen LogP contribution in [0.2, 0.25) is 0 Å². The SMILES string of the molecule is Cc1cc2cc(C(=O)N(Cc3ccc(S(=O)(=O)C4CC4)cn3)Cc3ncccc3F)ccc2nc1N. The normalized spacial score (nSPS) is 13.6. The third-order valence-corrected chi connectivity index (χ3v) is 8.44. The van der Waals surface area contributed by atoms with Crippen molar-refractivity contribution in [3.8, 4) is 0 Å². The molecule has 1 fully saturated rings. The summed E-state index contributed by atoms with van der Waals surface area (Å²) in [5, 5.41) is 0.418. The van der Waals surface area contributed by atoms with Crippen molar-refractivity contribution in [3.05, 3.63) is 89.3 Å². The molecule has 0 bridgehead atoms. The predicted molar refractivity (Wildman–Crippen MR) is 133 cm³/mol. The predicted octanol–water partition coefficient (Wildman–Crippen LogP) is 3.83. The van der Waals surface area contributed by atoms with Gasteiger partial charge >= 0.3 is 0 Å². The van der Waals surface area contributed by atoms with Gasteiger partial charge in [0.25, 0.3) is 5.91 Å². The maximum absolute atomic E-state index is 14.4. The Morgan fingerprint density at radius 2 is 1.92 bits per heavy atom. The second-order valence-corrected chi connectivity index (χ2v) is 11.1. The van der Waals surface area contributed by atoms with Crippen LogP contribution in [-0.2, 0) is 22.9 Å². The molecule has 0 atom stereocenters. The molecule has 3 aromatic heterocycles. The lowest BCUT2D eigenvalue weighted by Crippen LogP contribution is -2.31. The Morgan fingerprint density at radius 1 is 1.11 bits per heavy atom. The monoisotopic (exact) mass is 505 g/mol. The number of anilines is 1. The van der Waals surface area contributed by atoms with Gasteiger partial charge in [0.15, 0.2) is 9.84 Å². The Morgan fingerprint density at radius 3 is 2.61 bits per heavy atom. The second kappa shape index (κ2) is 9.27. The number of hydrogen-bond acceptors (Lipinski definition) is 7. The summed E-state index contributed by atoms with van der Waals surface area (Å²) in [6.45, 7) is 1.78. The third-order valence-electron chi connectivity index (χ3n) is 6.20. The van der Waals surface area contributed by atoms with Gasteiger partial charge in [-0.2, -0.15) is 0 Å². The molecule has 3 heterocycles. The lowest BCUT2D eigenvalue weighted by molar-refractivity contribution is 0.0724. The van der Waals surface area contributed by atoms with Crippen LogP contribution in [0.5, 0.6) is 0 Å². The molecule has 1 amide bonds. The summed E-state index contributed by atoms with van der Waals surface area (Å²) in [5.41, 5.74) is 8.33. The van der Waals surface area contributed by atoms with Crippen LogP contribution in [0.4, 0.5) is 10.2 Å². The van der Waals surface area contributed by atoms with Crippen molar-refractivity contribution in [2.24, 2.45) is 0 Å². The third kappa shape index (κ3) is 4.76. The first-order valence-electron chi connectivity index (χ1n) is 11.5. The molecule has 4 aromatic rings. The molecular weight excluding hydrogens is 481 g/mol. The topological polar surface area (TPSA) is 119 Å². The van der Waals surface area contributed by atoms with Crippen molar-refractivity contribution >= 4 is 32.5 Å². The molecule has 1 saturated carbocycles. The molecule has 2 N–H and O–H groups in total. The van der Waals surface area contributed by atoms with E-state index in [9.17, 15) is 17.6 Å². The average molecular weight is 506 g/mol. The van der Waals surface area contributed by atoms with Gasteiger partial charge in [0.1, 0.15) is 11.6 Å². The van der Waals surface area contributed by atoms with Crippen LogP contribution in [-0.4, -0.2) is 39.4 Å². The minimum atomic E-state index is -3.37. The number of nitrogens with two attached hydrogens (primary N) is 1. The number of carbonyl (C=O) groups excluding carboxylic acids is 1. The van der Waals surface area contributed by atoms with Crippen LogP contribution in [0, 0.1) is 12.7 Å². The van der Waals surface area contributed by atoms with E-state index in [1.54, 1.807) is 24.3 Å². The molecule has 8 nitrogen and oxygen atoms in total. The standard InChI is InChI=1S/C26H24FN5O3S/c1-16-11-18-12-17(4-9-23(18)31-25(16)28)26(33)32(15-24-22(27)3-2-10-29-24)14-19-5-6-21(13-30-19)36(34,35)20-7-8-20/h2-6,9-13,20H,7-8,14-15H2,1H3,(H2,28,31). The van der Waals surface area contributed by atoms with Crippen molar-refractivity contribution < 1.29 is 17.6 Å². The van der Waals surface area contributed by atoms with Gasteiger partial charge in [-0.3, -0.25) is 14.8 Å². The number of rotatable bonds is 7. The Bertz CT molecular complexity index is 1570. The number of benzene rings is 1. The first-order valence-corrected chi connectivity index (χ1v) is 13.0. The van der Waals surface area contributed by atoms with Gasteiger partial charge in [0.2, 0.25) is 0 Å². The summed E-state index contributed by atoms with van der Waals surface area (Å²) in [6.07, 6.45) is 4.11.